The molecule has 2 fully saturated rings. The van der Waals surface area contributed by atoms with Gasteiger partial charge in [-0.1, -0.05) is 6.07 Å². The van der Waals surface area contributed by atoms with Crippen LogP contribution in [0.25, 0.3) is 26.8 Å². The summed E-state index contributed by atoms with van der Waals surface area (Å²) < 4.78 is 22.1. The molecule has 2 aromatic heterocycles. The van der Waals surface area contributed by atoms with Gasteiger partial charge >= 0.3 is 0 Å². The summed E-state index contributed by atoms with van der Waals surface area (Å²) in [6, 6.07) is 5.88. The van der Waals surface area contributed by atoms with Crippen LogP contribution in [0, 0.1) is 6.57 Å². The molecule has 0 spiro atoms. The van der Waals surface area contributed by atoms with E-state index in [0.29, 0.717) is 18.5 Å². The summed E-state index contributed by atoms with van der Waals surface area (Å²) in [5.41, 5.74) is 3.33. The number of fused-ring (bicyclic) bond motifs is 3. The first-order valence-corrected chi connectivity index (χ1v) is 10.1. The molecule has 0 bridgehead atoms. The highest BCUT2D eigenvalue weighted by atomic mass is 19.1. The minimum atomic E-state index is -0.740. The summed E-state index contributed by atoms with van der Waals surface area (Å²) in [5, 5.41) is 0.957. The largest absolute Gasteiger partial charge is 0.378 e. The Bertz CT molecular complexity index is 1090. The number of benzene rings is 1. The van der Waals surface area contributed by atoms with Crippen LogP contribution in [-0.4, -0.2) is 33.4 Å². The van der Waals surface area contributed by atoms with Crippen LogP contribution in [0.3, 0.4) is 0 Å². The minimum absolute atomic E-state index is 0.139. The first-order valence-electron chi connectivity index (χ1n) is 10.1. The van der Waals surface area contributed by atoms with Gasteiger partial charge in [-0.2, -0.15) is 0 Å². The topological polar surface area (TPSA) is 44.3 Å². The molecule has 2 unspecified atom stereocenters. The fourth-order valence-electron chi connectivity index (χ4n) is 4.88. The van der Waals surface area contributed by atoms with Crippen LogP contribution in [0.2, 0.25) is 0 Å². The van der Waals surface area contributed by atoms with E-state index in [1.54, 1.807) is 6.07 Å². The number of ether oxygens (including phenoxy) is 1. The van der Waals surface area contributed by atoms with Gasteiger partial charge in [-0.15, -0.1) is 0 Å². The van der Waals surface area contributed by atoms with Gasteiger partial charge in [0.1, 0.15) is 17.5 Å². The summed E-state index contributed by atoms with van der Waals surface area (Å²) in [5.74, 6) is 1.12. The van der Waals surface area contributed by atoms with Crippen LogP contribution >= 0.6 is 0 Å². The Morgan fingerprint density at radius 2 is 2.11 bits per heavy atom. The summed E-state index contributed by atoms with van der Waals surface area (Å²) >= 11 is 0. The van der Waals surface area contributed by atoms with Gasteiger partial charge < -0.3 is 9.30 Å². The number of alkyl halides is 1. The normalized spacial score (nSPS) is 28.0. The molecule has 1 aliphatic carbocycles. The Morgan fingerprint density at radius 1 is 1.21 bits per heavy atom. The number of imidazole rings is 1. The summed E-state index contributed by atoms with van der Waals surface area (Å²) in [7, 11) is 0. The Hall–Kier alpha value is -2.52. The highest BCUT2D eigenvalue weighted by molar-refractivity contribution is 6.03. The van der Waals surface area contributed by atoms with Gasteiger partial charge in [0.2, 0.25) is 0 Å². The van der Waals surface area contributed by atoms with E-state index in [-0.39, 0.29) is 18.1 Å². The van der Waals surface area contributed by atoms with Crippen LogP contribution in [0.4, 0.5) is 10.1 Å². The molecular formula is C22H23FN4O. The van der Waals surface area contributed by atoms with Crippen LogP contribution in [0.5, 0.6) is 0 Å². The summed E-state index contributed by atoms with van der Waals surface area (Å²) in [4.78, 5) is 13.1. The van der Waals surface area contributed by atoms with Gasteiger partial charge in [0.15, 0.2) is 5.69 Å². The monoisotopic (exact) mass is 378 g/mol. The van der Waals surface area contributed by atoms with E-state index in [4.69, 9.17) is 16.3 Å². The molecule has 144 valence electrons. The summed E-state index contributed by atoms with van der Waals surface area (Å²) in [6.07, 6.45) is 5.09. The van der Waals surface area contributed by atoms with Crippen molar-refractivity contribution in [3.8, 4) is 0 Å². The molecule has 3 heterocycles. The quantitative estimate of drug-likeness (QED) is 0.555. The second-order valence-corrected chi connectivity index (χ2v) is 8.11. The molecule has 0 radical (unpaired) electrons. The van der Waals surface area contributed by atoms with Crippen LogP contribution in [-0.2, 0) is 4.74 Å². The second-order valence-electron chi connectivity index (χ2n) is 8.11. The number of hydrogen-bond acceptors (Lipinski definition) is 3. The predicted molar refractivity (Wildman–Crippen MR) is 106 cm³/mol. The molecule has 1 aromatic carbocycles. The van der Waals surface area contributed by atoms with E-state index in [0.717, 1.165) is 53.6 Å². The van der Waals surface area contributed by atoms with Gasteiger partial charge in [-0.25, -0.2) is 14.2 Å². The van der Waals surface area contributed by atoms with Crippen LogP contribution in [0.15, 0.2) is 24.4 Å². The lowest BCUT2D eigenvalue weighted by Crippen LogP contribution is -2.27. The van der Waals surface area contributed by atoms with E-state index in [1.807, 2.05) is 18.3 Å². The highest BCUT2D eigenvalue weighted by Gasteiger charge is 2.33. The van der Waals surface area contributed by atoms with E-state index in [2.05, 4.69) is 21.3 Å². The molecule has 3 aromatic rings. The number of hydrogen-bond donors (Lipinski definition) is 0. The molecule has 0 amide bonds. The van der Waals surface area contributed by atoms with Crippen molar-refractivity contribution >= 4 is 27.6 Å². The molecule has 5 nitrogen and oxygen atoms in total. The van der Waals surface area contributed by atoms with Crippen molar-refractivity contribution in [3.63, 3.8) is 0 Å². The van der Waals surface area contributed by atoms with E-state index >= 15 is 0 Å². The zero-order valence-electron chi connectivity index (χ0n) is 15.9. The first kappa shape index (κ1) is 17.6. The van der Waals surface area contributed by atoms with Crippen molar-refractivity contribution in [2.45, 2.75) is 63.3 Å². The SMILES string of the molecule is [C-]#[N+]c1ccc2ncc3nc(C4CCC(F)C4)n([C@@H]4CCO[C@H](C)C4)c3c2c1. The Morgan fingerprint density at radius 3 is 2.86 bits per heavy atom. The van der Waals surface area contributed by atoms with Gasteiger partial charge in [0.25, 0.3) is 0 Å². The fraction of sp³-hybridized carbons (Fsp3) is 0.500. The van der Waals surface area contributed by atoms with Crippen molar-refractivity contribution in [2.75, 3.05) is 6.61 Å². The number of pyridine rings is 1. The highest BCUT2D eigenvalue weighted by Crippen LogP contribution is 2.41. The second kappa shape index (κ2) is 6.82. The molecular weight excluding hydrogens is 355 g/mol. The lowest BCUT2D eigenvalue weighted by atomic mass is 10.0. The predicted octanol–water partition coefficient (Wildman–Crippen LogP) is 5.48. The zero-order chi connectivity index (χ0) is 19.3. The molecule has 28 heavy (non-hydrogen) atoms. The third kappa shape index (κ3) is 2.85. The lowest BCUT2D eigenvalue weighted by Gasteiger charge is -2.31. The molecule has 5 rings (SSSR count). The minimum Gasteiger partial charge on any atom is -0.378 e. The maximum absolute atomic E-state index is 14.0. The van der Waals surface area contributed by atoms with Crippen LogP contribution in [0.1, 0.15) is 56.8 Å². The Kier molecular flexibility index (Phi) is 4.28. The van der Waals surface area contributed by atoms with Crippen molar-refractivity contribution in [3.05, 3.63) is 41.6 Å². The summed E-state index contributed by atoms with van der Waals surface area (Å²) in [6.45, 7) is 10.2. The van der Waals surface area contributed by atoms with E-state index < -0.39 is 6.17 Å². The van der Waals surface area contributed by atoms with Crippen molar-refractivity contribution < 1.29 is 9.13 Å². The maximum atomic E-state index is 14.0. The molecule has 6 heteroatoms. The average molecular weight is 378 g/mol. The molecule has 2 aliphatic rings. The van der Waals surface area contributed by atoms with Crippen molar-refractivity contribution in [1.29, 1.82) is 0 Å². The third-order valence-corrected chi connectivity index (χ3v) is 6.21. The molecule has 1 saturated heterocycles. The molecule has 0 N–H and O–H groups in total. The van der Waals surface area contributed by atoms with Crippen molar-refractivity contribution in [2.24, 2.45) is 0 Å². The van der Waals surface area contributed by atoms with E-state index in [9.17, 15) is 4.39 Å². The zero-order valence-corrected chi connectivity index (χ0v) is 15.9. The number of rotatable bonds is 2. The third-order valence-electron chi connectivity index (χ3n) is 6.21. The smallest absolute Gasteiger partial charge is 0.188 e. The standard InChI is InChI=1S/C22H23FN4O/c1-13-9-17(7-8-28-13)27-21-18-11-16(24-2)5-6-19(18)25-12-20(21)26-22(27)14-3-4-15(23)10-14/h5-6,11-15,17H,3-4,7-10H2,1H3/t13-,14?,15?,17-/m1/s1. The van der Waals surface area contributed by atoms with Crippen molar-refractivity contribution in [1.82, 2.24) is 14.5 Å². The maximum Gasteiger partial charge on any atom is 0.188 e. The van der Waals surface area contributed by atoms with Crippen LogP contribution < -0.4 is 0 Å². The van der Waals surface area contributed by atoms with Gasteiger partial charge in [-0.3, -0.25) is 4.98 Å². The Labute approximate surface area is 163 Å². The Balaban J connectivity index is 1.77. The van der Waals surface area contributed by atoms with Gasteiger partial charge in [-0.05, 0) is 51.2 Å². The first-order chi connectivity index (χ1) is 13.6. The fourth-order valence-corrected chi connectivity index (χ4v) is 4.88. The molecule has 1 saturated carbocycles. The number of halogens is 1. The molecule has 4 atom stereocenters. The van der Waals surface area contributed by atoms with Gasteiger partial charge in [0, 0.05) is 24.0 Å². The van der Waals surface area contributed by atoms with E-state index in [1.165, 1.54) is 0 Å². The lowest BCUT2D eigenvalue weighted by molar-refractivity contribution is 0.00605. The number of aromatic nitrogens is 3. The van der Waals surface area contributed by atoms with Gasteiger partial charge in [0.05, 0.1) is 29.9 Å². The number of nitrogens with zero attached hydrogens (tertiary/aromatic N) is 4. The average Bonchev–Trinajstić information content (AvgIpc) is 3.31. The molecule has 1 aliphatic heterocycles.